The van der Waals surface area contributed by atoms with Crippen LogP contribution in [0.2, 0.25) is 0 Å². The van der Waals surface area contributed by atoms with Gasteiger partial charge in [0.1, 0.15) is 10.6 Å². The minimum atomic E-state index is -4.04. The first-order valence-corrected chi connectivity index (χ1v) is 10.9. The highest BCUT2D eigenvalue weighted by atomic mass is 32.2. The van der Waals surface area contributed by atoms with Crippen molar-refractivity contribution in [3.63, 3.8) is 0 Å². The molecule has 26 heavy (non-hydrogen) atoms. The van der Waals surface area contributed by atoms with E-state index in [9.17, 15) is 21.6 Å². The van der Waals surface area contributed by atoms with Crippen molar-refractivity contribution in [3.8, 4) is 0 Å². The maximum Gasteiger partial charge on any atom is 0.266 e. The van der Waals surface area contributed by atoms with Crippen LogP contribution in [0.25, 0.3) is 10.9 Å². The molecule has 1 aliphatic heterocycles. The van der Waals surface area contributed by atoms with Gasteiger partial charge in [-0.1, -0.05) is 0 Å². The first kappa shape index (κ1) is 18.6. The third-order valence-electron chi connectivity index (χ3n) is 3.87. The van der Waals surface area contributed by atoms with E-state index in [0.717, 1.165) is 6.26 Å². The van der Waals surface area contributed by atoms with Crippen LogP contribution in [0.5, 0.6) is 0 Å². The highest BCUT2D eigenvalue weighted by Crippen LogP contribution is 2.32. The number of carbonyl (C=O) groups excluding carboxylic acids is 1. The molecule has 12 heteroatoms. The van der Waals surface area contributed by atoms with Crippen LogP contribution >= 0.6 is 0 Å². The monoisotopic (exact) mass is 402 g/mol. The molecule has 2 aromatic rings. The van der Waals surface area contributed by atoms with Gasteiger partial charge in [-0.15, -0.1) is 0 Å². The Morgan fingerprint density at radius 2 is 1.88 bits per heavy atom. The number of rotatable bonds is 5. The fourth-order valence-corrected chi connectivity index (χ4v) is 5.10. The van der Waals surface area contributed by atoms with Gasteiger partial charge in [0, 0.05) is 29.7 Å². The number of aromatic amines is 1. The number of ether oxygens (including phenoxy) is 1. The van der Waals surface area contributed by atoms with Gasteiger partial charge in [-0.05, 0) is 18.2 Å². The van der Waals surface area contributed by atoms with E-state index in [1.165, 1.54) is 22.5 Å². The zero-order valence-electron chi connectivity index (χ0n) is 13.9. The SMILES string of the molecule is CS(=O)(=O)Nc1ccc2[nH]c(C(N)=O)c(S(=O)(=O)N3CCOCC3)c2c1. The second-order valence-corrected chi connectivity index (χ2v) is 9.47. The predicted molar refractivity (Wildman–Crippen MR) is 94.9 cm³/mol. The molecule has 0 atom stereocenters. The zero-order valence-corrected chi connectivity index (χ0v) is 15.5. The Labute approximate surface area is 150 Å². The third kappa shape index (κ3) is 3.53. The highest BCUT2D eigenvalue weighted by molar-refractivity contribution is 7.92. The van der Waals surface area contributed by atoms with Gasteiger partial charge >= 0.3 is 0 Å². The summed E-state index contributed by atoms with van der Waals surface area (Å²) >= 11 is 0. The zero-order chi connectivity index (χ0) is 19.1. The Morgan fingerprint density at radius 3 is 2.46 bits per heavy atom. The maximum absolute atomic E-state index is 13.1. The van der Waals surface area contributed by atoms with Crippen molar-refractivity contribution in [2.75, 3.05) is 37.3 Å². The van der Waals surface area contributed by atoms with Gasteiger partial charge in [0.15, 0.2) is 0 Å². The normalized spacial score (nSPS) is 16.7. The average Bonchev–Trinajstić information content (AvgIpc) is 2.94. The van der Waals surface area contributed by atoms with E-state index in [2.05, 4.69) is 9.71 Å². The minimum absolute atomic E-state index is 0.147. The number of fused-ring (bicyclic) bond motifs is 1. The molecule has 1 aliphatic rings. The predicted octanol–water partition coefficient (Wildman–Crippen LogP) is -0.341. The molecular weight excluding hydrogens is 384 g/mol. The molecule has 0 spiro atoms. The molecule has 1 amide bonds. The maximum atomic E-state index is 13.1. The average molecular weight is 402 g/mol. The van der Waals surface area contributed by atoms with Gasteiger partial charge in [0.25, 0.3) is 5.91 Å². The molecule has 4 N–H and O–H groups in total. The summed E-state index contributed by atoms with van der Waals surface area (Å²) in [4.78, 5) is 14.3. The van der Waals surface area contributed by atoms with Crippen LogP contribution < -0.4 is 10.5 Å². The number of sulfonamides is 2. The van der Waals surface area contributed by atoms with Gasteiger partial charge in [-0.2, -0.15) is 4.31 Å². The number of primary amides is 1. The lowest BCUT2D eigenvalue weighted by Crippen LogP contribution is -2.41. The number of aromatic nitrogens is 1. The lowest BCUT2D eigenvalue weighted by atomic mass is 10.2. The molecule has 10 nitrogen and oxygen atoms in total. The first-order valence-electron chi connectivity index (χ1n) is 7.61. The van der Waals surface area contributed by atoms with Crippen molar-refractivity contribution in [2.24, 2.45) is 5.73 Å². The fourth-order valence-electron chi connectivity index (χ4n) is 2.80. The molecule has 1 fully saturated rings. The van der Waals surface area contributed by atoms with Gasteiger partial charge in [0.2, 0.25) is 20.0 Å². The molecule has 0 unspecified atom stereocenters. The number of nitrogens with two attached hydrogens (primary N) is 1. The second-order valence-electron chi connectivity index (χ2n) is 5.84. The number of H-pyrrole nitrogens is 1. The number of amides is 1. The summed E-state index contributed by atoms with van der Waals surface area (Å²) < 4.78 is 57.7. The van der Waals surface area contributed by atoms with Gasteiger partial charge in [-0.3, -0.25) is 9.52 Å². The molecule has 142 valence electrons. The van der Waals surface area contributed by atoms with Crippen molar-refractivity contribution < 1.29 is 26.4 Å². The van der Waals surface area contributed by atoms with E-state index in [1.807, 2.05) is 0 Å². The summed E-state index contributed by atoms with van der Waals surface area (Å²) in [5.41, 5.74) is 5.63. The summed E-state index contributed by atoms with van der Waals surface area (Å²) in [6.45, 7) is 0.783. The molecule has 0 radical (unpaired) electrons. The first-order chi connectivity index (χ1) is 12.1. The van der Waals surface area contributed by atoms with E-state index in [4.69, 9.17) is 10.5 Å². The molecule has 1 aromatic carbocycles. The minimum Gasteiger partial charge on any atom is -0.379 e. The number of carbonyl (C=O) groups is 1. The molecular formula is C14H18N4O6S2. The summed E-state index contributed by atoms with van der Waals surface area (Å²) in [7, 11) is -7.59. The molecule has 0 bridgehead atoms. The number of benzene rings is 1. The molecule has 2 heterocycles. The van der Waals surface area contributed by atoms with Gasteiger partial charge in [0.05, 0.1) is 19.5 Å². The number of hydrogen-bond acceptors (Lipinski definition) is 6. The highest BCUT2D eigenvalue weighted by Gasteiger charge is 2.33. The number of nitrogens with one attached hydrogen (secondary N) is 2. The van der Waals surface area contributed by atoms with Crippen molar-refractivity contribution in [2.45, 2.75) is 4.90 Å². The van der Waals surface area contributed by atoms with Crippen LogP contribution in [0.15, 0.2) is 23.1 Å². The molecule has 3 rings (SSSR count). The quantitative estimate of drug-likeness (QED) is 0.622. The van der Waals surface area contributed by atoms with Gasteiger partial charge < -0.3 is 15.5 Å². The van der Waals surface area contributed by atoms with Crippen molar-refractivity contribution >= 4 is 42.5 Å². The van der Waals surface area contributed by atoms with E-state index in [0.29, 0.717) is 5.52 Å². The number of hydrogen-bond donors (Lipinski definition) is 3. The summed E-state index contributed by atoms with van der Waals surface area (Å²) in [6.07, 6.45) is 0.981. The topological polar surface area (TPSA) is 152 Å². The molecule has 0 saturated carbocycles. The number of nitrogens with zero attached hydrogens (tertiary/aromatic N) is 1. The number of anilines is 1. The van der Waals surface area contributed by atoms with Crippen LogP contribution in [-0.4, -0.2) is 64.6 Å². The summed E-state index contributed by atoms with van der Waals surface area (Å²) in [5.74, 6) is -0.925. The van der Waals surface area contributed by atoms with Crippen LogP contribution in [0.1, 0.15) is 10.5 Å². The van der Waals surface area contributed by atoms with Crippen LogP contribution in [0.3, 0.4) is 0 Å². The van der Waals surface area contributed by atoms with Crippen molar-refractivity contribution in [1.82, 2.24) is 9.29 Å². The van der Waals surface area contributed by atoms with Gasteiger partial charge in [-0.25, -0.2) is 16.8 Å². The van der Waals surface area contributed by atoms with Crippen molar-refractivity contribution in [3.05, 3.63) is 23.9 Å². The lowest BCUT2D eigenvalue weighted by molar-refractivity contribution is 0.0730. The van der Waals surface area contributed by atoms with E-state index < -0.39 is 26.0 Å². The van der Waals surface area contributed by atoms with Crippen LogP contribution in [0, 0.1) is 0 Å². The van der Waals surface area contributed by atoms with Crippen LogP contribution in [-0.2, 0) is 24.8 Å². The Kier molecular flexibility index (Phi) is 4.69. The van der Waals surface area contributed by atoms with E-state index >= 15 is 0 Å². The smallest absolute Gasteiger partial charge is 0.266 e. The van der Waals surface area contributed by atoms with E-state index in [-0.39, 0.29) is 48.0 Å². The number of morpholine rings is 1. The Balaban J connectivity index is 2.22. The molecule has 0 aliphatic carbocycles. The summed E-state index contributed by atoms with van der Waals surface area (Å²) in [5, 5.41) is 0.180. The molecule has 1 aromatic heterocycles. The van der Waals surface area contributed by atoms with Crippen molar-refractivity contribution in [1.29, 1.82) is 0 Å². The van der Waals surface area contributed by atoms with Crippen LogP contribution in [0.4, 0.5) is 5.69 Å². The lowest BCUT2D eigenvalue weighted by Gasteiger charge is -2.26. The molecule has 1 saturated heterocycles. The third-order valence-corrected chi connectivity index (χ3v) is 6.46. The second kappa shape index (κ2) is 6.54. The largest absolute Gasteiger partial charge is 0.379 e. The standard InChI is InChI=1S/C14H18N4O6S2/c1-25(20,21)17-9-2-3-11-10(8-9)13(12(16-11)14(15)19)26(22,23)18-4-6-24-7-5-18/h2-3,8,16-17H,4-7H2,1H3,(H2,15,19). The Morgan fingerprint density at radius 1 is 1.23 bits per heavy atom. The summed E-state index contributed by atoms with van der Waals surface area (Å²) in [6, 6.07) is 4.29. The Bertz CT molecular complexity index is 1070. The van der Waals surface area contributed by atoms with E-state index in [1.54, 1.807) is 0 Å². The fraction of sp³-hybridized carbons (Fsp3) is 0.357. The Hall–Kier alpha value is -2.15.